The van der Waals surface area contributed by atoms with Gasteiger partial charge in [0.15, 0.2) is 9.84 Å². The van der Waals surface area contributed by atoms with E-state index in [0.717, 1.165) is 0 Å². The highest BCUT2D eigenvalue weighted by Gasteiger charge is 2.12. The lowest BCUT2D eigenvalue weighted by atomic mass is 10.2. The molecule has 0 unspecified atom stereocenters. The van der Waals surface area contributed by atoms with Gasteiger partial charge in [0, 0.05) is 15.9 Å². The zero-order valence-corrected chi connectivity index (χ0v) is 12.3. The zero-order valence-electron chi connectivity index (χ0n) is 9.85. The molecule has 0 saturated heterocycles. The molecule has 0 spiro atoms. The molecule has 0 amide bonds. The molecule has 1 aromatic carbocycles. The molecule has 5 nitrogen and oxygen atoms in total. The summed E-state index contributed by atoms with van der Waals surface area (Å²) in [6.45, 7) is 1.40. The number of anilines is 1. The average Bonchev–Trinajstić information content (AvgIpc) is 2.27. The summed E-state index contributed by atoms with van der Waals surface area (Å²) in [5.74, 6) is -0.720. The lowest BCUT2D eigenvalue weighted by Gasteiger charge is -2.06. The Morgan fingerprint density at radius 3 is 2.61 bits per heavy atom. The molecular weight excluding hydrogens is 322 g/mol. The second-order valence-corrected chi connectivity index (χ2v) is 7.03. The molecule has 0 bridgehead atoms. The van der Waals surface area contributed by atoms with E-state index in [1.165, 1.54) is 6.07 Å². The largest absolute Gasteiger partial charge is 0.461 e. The Labute approximate surface area is 114 Å². The summed E-state index contributed by atoms with van der Waals surface area (Å²) >= 11 is 3.21. The summed E-state index contributed by atoms with van der Waals surface area (Å²) in [5.41, 5.74) is 6.30. The summed E-state index contributed by atoms with van der Waals surface area (Å²) < 4.78 is 28.0. The summed E-state index contributed by atoms with van der Waals surface area (Å²) in [4.78, 5) is 11.6. The summed E-state index contributed by atoms with van der Waals surface area (Å²) in [6, 6.07) is 4.69. The van der Waals surface area contributed by atoms with E-state index in [-0.39, 0.29) is 23.7 Å². The van der Waals surface area contributed by atoms with Crippen molar-refractivity contribution in [3.05, 3.63) is 28.2 Å². The Balaban J connectivity index is 2.61. The quantitative estimate of drug-likeness (QED) is 0.652. The maximum absolute atomic E-state index is 11.6. The molecule has 0 aliphatic heterocycles. The third-order valence-electron chi connectivity index (χ3n) is 2.22. The lowest BCUT2D eigenvalue weighted by Crippen LogP contribution is -2.17. The number of hydrogen-bond acceptors (Lipinski definition) is 5. The highest BCUT2D eigenvalue weighted by molar-refractivity contribution is 9.10. The van der Waals surface area contributed by atoms with E-state index < -0.39 is 15.8 Å². The Kier molecular flexibility index (Phi) is 5.15. The standard InChI is InChI=1S/C11H14BrNO4S/c1-2-18(15,16)4-3-17-11(14)8-5-9(12)7-10(13)6-8/h5-7H,2-4,13H2,1H3. The van der Waals surface area contributed by atoms with Crippen molar-refractivity contribution in [2.24, 2.45) is 0 Å². The van der Waals surface area contributed by atoms with E-state index in [2.05, 4.69) is 15.9 Å². The molecule has 0 aliphatic carbocycles. The minimum atomic E-state index is -3.12. The number of ether oxygens (including phenoxy) is 1. The van der Waals surface area contributed by atoms with Gasteiger partial charge < -0.3 is 10.5 Å². The van der Waals surface area contributed by atoms with Crippen molar-refractivity contribution in [1.29, 1.82) is 0 Å². The fraction of sp³-hybridized carbons (Fsp3) is 0.364. The highest BCUT2D eigenvalue weighted by atomic mass is 79.9. The molecule has 0 aliphatic rings. The van der Waals surface area contributed by atoms with Gasteiger partial charge >= 0.3 is 5.97 Å². The Bertz CT molecular complexity index is 522. The van der Waals surface area contributed by atoms with Crippen LogP contribution in [0.4, 0.5) is 5.69 Å². The molecule has 1 aromatic rings. The maximum atomic E-state index is 11.6. The number of halogens is 1. The highest BCUT2D eigenvalue weighted by Crippen LogP contribution is 2.17. The summed E-state index contributed by atoms with van der Waals surface area (Å²) in [7, 11) is -3.12. The first-order valence-electron chi connectivity index (χ1n) is 5.27. The van der Waals surface area contributed by atoms with Gasteiger partial charge in [0.25, 0.3) is 0 Å². The Hall–Kier alpha value is -1.08. The predicted octanol–water partition coefficient (Wildman–Crippen LogP) is 1.62. The molecule has 0 saturated carbocycles. The van der Waals surface area contributed by atoms with Gasteiger partial charge in [0.1, 0.15) is 6.61 Å². The van der Waals surface area contributed by atoms with Crippen LogP contribution in [0.2, 0.25) is 0 Å². The molecule has 7 heteroatoms. The first kappa shape index (κ1) is 15.0. The molecule has 2 N–H and O–H groups in total. The van der Waals surface area contributed by atoms with Gasteiger partial charge in [-0.3, -0.25) is 0 Å². The van der Waals surface area contributed by atoms with Crippen molar-refractivity contribution < 1.29 is 17.9 Å². The van der Waals surface area contributed by atoms with Crippen LogP contribution in [0, 0.1) is 0 Å². The minimum absolute atomic E-state index is 0.0361. The van der Waals surface area contributed by atoms with Crippen molar-refractivity contribution in [1.82, 2.24) is 0 Å². The molecule has 0 radical (unpaired) electrons. The number of benzene rings is 1. The second kappa shape index (κ2) is 6.19. The maximum Gasteiger partial charge on any atom is 0.338 e. The molecule has 1 rings (SSSR count). The van der Waals surface area contributed by atoms with Crippen LogP contribution in [0.25, 0.3) is 0 Å². The molecule has 0 heterocycles. The summed E-state index contributed by atoms with van der Waals surface area (Å²) in [6.07, 6.45) is 0. The molecule has 18 heavy (non-hydrogen) atoms. The van der Waals surface area contributed by atoms with Crippen molar-refractivity contribution in [3.63, 3.8) is 0 Å². The van der Waals surface area contributed by atoms with Gasteiger partial charge in [-0.05, 0) is 18.2 Å². The van der Waals surface area contributed by atoms with Crippen molar-refractivity contribution in [2.45, 2.75) is 6.92 Å². The topological polar surface area (TPSA) is 86.5 Å². The van der Waals surface area contributed by atoms with E-state index in [0.29, 0.717) is 10.2 Å². The number of esters is 1. The van der Waals surface area contributed by atoms with E-state index in [1.807, 2.05) is 0 Å². The van der Waals surface area contributed by atoms with Gasteiger partial charge in [-0.15, -0.1) is 0 Å². The number of carbonyl (C=O) groups is 1. The normalized spacial score (nSPS) is 11.2. The number of rotatable bonds is 5. The summed E-state index contributed by atoms with van der Waals surface area (Å²) in [5, 5.41) is 0. The van der Waals surface area contributed by atoms with Crippen LogP contribution >= 0.6 is 15.9 Å². The van der Waals surface area contributed by atoms with E-state index in [9.17, 15) is 13.2 Å². The molecule has 0 aromatic heterocycles. The van der Waals surface area contributed by atoms with Crippen molar-refractivity contribution >= 4 is 37.4 Å². The van der Waals surface area contributed by atoms with Gasteiger partial charge in [0.05, 0.1) is 11.3 Å². The molecular formula is C11H14BrNO4S. The molecule has 0 fully saturated rings. The van der Waals surface area contributed by atoms with Crippen molar-refractivity contribution in [3.8, 4) is 0 Å². The van der Waals surface area contributed by atoms with Crippen LogP contribution in [-0.2, 0) is 14.6 Å². The van der Waals surface area contributed by atoms with Crippen LogP contribution in [0.3, 0.4) is 0 Å². The van der Waals surface area contributed by atoms with Gasteiger partial charge in [-0.25, -0.2) is 13.2 Å². The first-order valence-corrected chi connectivity index (χ1v) is 7.89. The fourth-order valence-electron chi connectivity index (χ4n) is 1.22. The number of nitrogen functional groups attached to an aromatic ring is 1. The van der Waals surface area contributed by atoms with Crippen LogP contribution in [-0.4, -0.2) is 32.5 Å². The third kappa shape index (κ3) is 4.66. The molecule has 0 atom stereocenters. The monoisotopic (exact) mass is 335 g/mol. The van der Waals surface area contributed by atoms with E-state index >= 15 is 0 Å². The van der Waals surface area contributed by atoms with Crippen LogP contribution in [0.1, 0.15) is 17.3 Å². The average molecular weight is 336 g/mol. The van der Waals surface area contributed by atoms with E-state index in [4.69, 9.17) is 10.5 Å². The number of hydrogen-bond donors (Lipinski definition) is 1. The zero-order chi connectivity index (χ0) is 13.8. The van der Waals surface area contributed by atoms with Crippen LogP contribution < -0.4 is 5.73 Å². The van der Waals surface area contributed by atoms with Gasteiger partial charge in [0.2, 0.25) is 0 Å². The minimum Gasteiger partial charge on any atom is -0.461 e. The number of nitrogens with two attached hydrogens (primary N) is 1. The number of carbonyl (C=O) groups excluding carboxylic acids is 1. The van der Waals surface area contributed by atoms with E-state index in [1.54, 1.807) is 19.1 Å². The predicted molar refractivity (Wildman–Crippen MR) is 73.2 cm³/mol. The van der Waals surface area contributed by atoms with Gasteiger partial charge in [-0.2, -0.15) is 0 Å². The fourth-order valence-corrected chi connectivity index (χ4v) is 2.36. The Morgan fingerprint density at radius 2 is 2.06 bits per heavy atom. The molecule has 100 valence electrons. The van der Waals surface area contributed by atoms with Crippen LogP contribution in [0.5, 0.6) is 0 Å². The van der Waals surface area contributed by atoms with Gasteiger partial charge in [-0.1, -0.05) is 22.9 Å². The second-order valence-electron chi connectivity index (χ2n) is 3.65. The third-order valence-corrected chi connectivity index (χ3v) is 4.35. The smallest absolute Gasteiger partial charge is 0.338 e. The lowest BCUT2D eigenvalue weighted by molar-refractivity contribution is 0.0529. The number of sulfone groups is 1. The SMILES string of the molecule is CCS(=O)(=O)CCOC(=O)c1cc(N)cc(Br)c1. The first-order chi connectivity index (χ1) is 8.34. The Morgan fingerprint density at radius 1 is 1.39 bits per heavy atom. The van der Waals surface area contributed by atoms with Crippen LogP contribution in [0.15, 0.2) is 22.7 Å². The van der Waals surface area contributed by atoms with Crippen molar-refractivity contribution in [2.75, 3.05) is 23.8 Å².